The van der Waals surface area contributed by atoms with Gasteiger partial charge in [0.1, 0.15) is 0 Å². The van der Waals surface area contributed by atoms with Crippen molar-refractivity contribution in [3.63, 3.8) is 0 Å². The Kier molecular flexibility index (Phi) is 5.75. The van der Waals surface area contributed by atoms with Gasteiger partial charge in [0, 0.05) is 0 Å². The molecule has 0 aliphatic carbocycles. The monoisotopic (exact) mass is 461 g/mol. The Morgan fingerprint density at radius 3 is 1.80 bits per heavy atom. The zero-order chi connectivity index (χ0) is 24.5. The van der Waals surface area contributed by atoms with Crippen LogP contribution >= 0.6 is 0 Å². The van der Waals surface area contributed by atoms with Gasteiger partial charge in [0.25, 0.3) is 11.8 Å². The van der Waals surface area contributed by atoms with Crippen LogP contribution in [0.3, 0.4) is 0 Å². The summed E-state index contributed by atoms with van der Waals surface area (Å²) in [7, 11) is 0. The lowest BCUT2D eigenvalue weighted by molar-refractivity contribution is 0.0378. The van der Waals surface area contributed by atoms with Gasteiger partial charge in [-0.2, -0.15) is 0 Å². The number of rotatable bonds is 5. The summed E-state index contributed by atoms with van der Waals surface area (Å²) in [6.45, 7) is 3.73. The number of amides is 2. The lowest BCUT2D eigenvalue weighted by Crippen LogP contribution is -2.30. The summed E-state index contributed by atoms with van der Waals surface area (Å²) < 4.78 is 5.93. The number of ether oxygens (including phenoxy) is 1. The molecule has 0 saturated carbocycles. The number of hydrogen-bond donors (Lipinski definition) is 0. The molecule has 0 fully saturated rings. The van der Waals surface area contributed by atoms with Crippen LogP contribution in [0, 0.1) is 13.8 Å². The highest BCUT2D eigenvalue weighted by molar-refractivity contribution is 6.35. The first-order valence-electron chi connectivity index (χ1n) is 11.4. The minimum absolute atomic E-state index is 0.197. The number of carbonyl (C=O) groups is 3. The number of benzene rings is 4. The highest BCUT2D eigenvalue weighted by atomic mass is 16.5. The van der Waals surface area contributed by atoms with E-state index in [1.165, 1.54) is 23.1 Å². The Hall–Kier alpha value is -4.51. The fraction of sp³-hybridized carbons (Fsp3) is 0.100. The number of imide groups is 1. The van der Waals surface area contributed by atoms with E-state index in [0.717, 1.165) is 22.3 Å². The van der Waals surface area contributed by atoms with Crippen LogP contribution < -0.4 is 4.90 Å². The molecular weight excluding hydrogens is 438 g/mol. The largest absolute Gasteiger partial charge is 0.449 e. The molecule has 4 aromatic rings. The van der Waals surface area contributed by atoms with Crippen molar-refractivity contribution in [1.29, 1.82) is 0 Å². The molecule has 0 bridgehead atoms. The summed E-state index contributed by atoms with van der Waals surface area (Å²) >= 11 is 0. The third kappa shape index (κ3) is 4.02. The summed E-state index contributed by atoms with van der Waals surface area (Å²) in [5, 5.41) is 0. The predicted molar refractivity (Wildman–Crippen MR) is 134 cm³/mol. The van der Waals surface area contributed by atoms with E-state index in [4.69, 9.17) is 4.74 Å². The Bertz CT molecular complexity index is 1380. The molecule has 5 nitrogen and oxygen atoms in total. The maximum atomic E-state index is 13.3. The highest BCUT2D eigenvalue weighted by Gasteiger charge is 2.38. The fourth-order valence-electron chi connectivity index (χ4n) is 4.49. The number of esters is 1. The molecule has 5 rings (SSSR count). The van der Waals surface area contributed by atoms with Crippen LogP contribution in [0.2, 0.25) is 0 Å². The smallest absolute Gasteiger partial charge is 0.339 e. The number of hydrogen-bond acceptors (Lipinski definition) is 4. The molecule has 0 saturated heterocycles. The summed E-state index contributed by atoms with van der Waals surface area (Å²) in [4.78, 5) is 40.8. The molecule has 0 radical (unpaired) electrons. The minimum Gasteiger partial charge on any atom is -0.449 e. The van der Waals surface area contributed by atoms with Gasteiger partial charge in [-0.25, -0.2) is 9.69 Å². The van der Waals surface area contributed by atoms with Crippen LogP contribution in [0.15, 0.2) is 97.1 Å². The third-order valence-electron chi connectivity index (χ3n) is 6.21. The van der Waals surface area contributed by atoms with Crippen LogP contribution in [0.4, 0.5) is 5.69 Å². The predicted octanol–water partition coefficient (Wildman–Crippen LogP) is 6.05. The Labute approximate surface area is 203 Å². The van der Waals surface area contributed by atoms with Gasteiger partial charge < -0.3 is 4.74 Å². The van der Waals surface area contributed by atoms with Crippen molar-refractivity contribution in [3.8, 4) is 0 Å². The maximum absolute atomic E-state index is 13.3. The number of carbonyl (C=O) groups excluding carboxylic acids is 3. The van der Waals surface area contributed by atoms with Crippen LogP contribution in [0.5, 0.6) is 0 Å². The Balaban J connectivity index is 1.47. The second-order valence-electron chi connectivity index (χ2n) is 8.55. The molecule has 1 aliphatic heterocycles. The molecule has 0 spiro atoms. The molecule has 2 amide bonds. The van der Waals surface area contributed by atoms with E-state index in [1.807, 2.05) is 92.7 Å². The Morgan fingerprint density at radius 2 is 1.23 bits per heavy atom. The van der Waals surface area contributed by atoms with Gasteiger partial charge in [-0.3, -0.25) is 9.59 Å². The summed E-state index contributed by atoms with van der Waals surface area (Å²) in [6.07, 6.45) is -0.610. The van der Waals surface area contributed by atoms with E-state index in [1.54, 1.807) is 0 Å². The number of nitrogens with zero attached hydrogens (tertiary/aromatic N) is 1. The molecule has 4 aromatic carbocycles. The highest BCUT2D eigenvalue weighted by Crippen LogP contribution is 2.34. The molecule has 0 unspecified atom stereocenters. The summed E-state index contributed by atoms with van der Waals surface area (Å²) in [5.74, 6) is -1.41. The number of para-hydroxylation sites is 1. The van der Waals surface area contributed by atoms with Gasteiger partial charge in [0.15, 0.2) is 6.10 Å². The zero-order valence-corrected chi connectivity index (χ0v) is 19.4. The van der Waals surface area contributed by atoms with Crippen molar-refractivity contribution in [1.82, 2.24) is 0 Å². The van der Waals surface area contributed by atoms with Crippen LogP contribution in [0.1, 0.15) is 59.4 Å². The topological polar surface area (TPSA) is 63.7 Å². The van der Waals surface area contributed by atoms with Gasteiger partial charge in [0.05, 0.1) is 22.4 Å². The van der Waals surface area contributed by atoms with Crippen molar-refractivity contribution < 1.29 is 19.1 Å². The molecule has 5 heteroatoms. The first-order chi connectivity index (χ1) is 17.0. The van der Waals surface area contributed by atoms with Gasteiger partial charge >= 0.3 is 5.97 Å². The zero-order valence-electron chi connectivity index (χ0n) is 19.4. The number of aryl methyl sites for hydroxylation is 2. The minimum atomic E-state index is -0.610. The quantitative estimate of drug-likeness (QED) is 0.268. The molecule has 0 N–H and O–H groups in total. The van der Waals surface area contributed by atoms with Gasteiger partial charge in [-0.15, -0.1) is 0 Å². The molecule has 172 valence electrons. The van der Waals surface area contributed by atoms with Crippen molar-refractivity contribution in [2.45, 2.75) is 20.0 Å². The van der Waals surface area contributed by atoms with E-state index < -0.39 is 23.9 Å². The molecule has 1 aliphatic rings. The van der Waals surface area contributed by atoms with Crippen LogP contribution in [-0.4, -0.2) is 17.8 Å². The van der Waals surface area contributed by atoms with E-state index in [0.29, 0.717) is 5.69 Å². The number of fused-ring (bicyclic) bond motifs is 1. The first-order valence-corrected chi connectivity index (χ1v) is 11.4. The third-order valence-corrected chi connectivity index (χ3v) is 6.21. The van der Waals surface area contributed by atoms with E-state index in [9.17, 15) is 14.4 Å². The van der Waals surface area contributed by atoms with Crippen molar-refractivity contribution in [2.75, 3.05) is 4.90 Å². The molecule has 35 heavy (non-hydrogen) atoms. The SMILES string of the molecule is Cc1cccc(C)c1N1C(=O)c2ccc(C(=O)OC(c3ccccc3)c3ccccc3)cc2C1=O. The van der Waals surface area contributed by atoms with Crippen LogP contribution in [-0.2, 0) is 4.74 Å². The lowest BCUT2D eigenvalue weighted by atomic mass is 10.0. The average Bonchev–Trinajstić information content (AvgIpc) is 3.13. The van der Waals surface area contributed by atoms with E-state index >= 15 is 0 Å². The summed E-state index contributed by atoms with van der Waals surface area (Å²) in [5.41, 5.74) is 4.59. The normalized spacial score (nSPS) is 12.7. The van der Waals surface area contributed by atoms with Crippen molar-refractivity contribution in [3.05, 3.63) is 136 Å². The van der Waals surface area contributed by atoms with E-state index in [2.05, 4.69) is 0 Å². The average molecular weight is 462 g/mol. The van der Waals surface area contributed by atoms with Crippen LogP contribution in [0.25, 0.3) is 0 Å². The molecular formula is C30H23NO4. The molecule has 0 atom stereocenters. The lowest BCUT2D eigenvalue weighted by Gasteiger charge is -2.19. The van der Waals surface area contributed by atoms with Gasteiger partial charge in [0.2, 0.25) is 0 Å². The number of anilines is 1. The van der Waals surface area contributed by atoms with Crippen molar-refractivity contribution in [2.24, 2.45) is 0 Å². The first kappa shape index (κ1) is 22.3. The second kappa shape index (κ2) is 9.03. The van der Waals surface area contributed by atoms with Crippen molar-refractivity contribution >= 4 is 23.5 Å². The second-order valence-corrected chi connectivity index (χ2v) is 8.55. The summed E-state index contributed by atoms with van der Waals surface area (Å²) in [6, 6.07) is 29.1. The molecule has 1 heterocycles. The fourth-order valence-corrected chi connectivity index (χ4v) is 4.49. The van der Waals surface area contributed by atoms with Gasteiger partial charge in [-0.05, 0) is 54.3 Å². The van der Waals surface area contributed by atoms with Gasteiger partial charge in [-0.1, -0.05) is 78.9 Å². The van der Waals surface area contributed by atoms with E-state index in [-0.39, 0.29) is 16.7 Å². The Morgan fingerprint density at radius 1 is 0.686 bits per heavy atom. The maximum Gasteiger partial charge on any atom is 0.339 e. The standard InChI is InChI=1S/C30H23NO4/c1-19-10-9-11-20(2)26(19)31-28(32)24-17-16-23(18-25(24)29(31)33)30(34)35-27(21-12-5-3-6-13-21)22-14-7-4-8-15-22/h3-18,27H,1-2H3. The molecule has 0 aromatic heterocycles.